The van der Waals surface area contributed by atoms with E-state index in [9.17, 15) is 4.79 Å². The van der Waals surface area contributed by atoms with Crippen LogP contribution >= 0.6 is 0 Å². The van der Waals surface area contributed by atoms with Crippen LogP contribution in [0.1, 0.15) is 37.7 Å². The van der Waals surface area contributed by atoms with E-state index in [1.165, 1.54) is 0 Å². The third-order valence-electron chi connectivity index (χ3n) is 3.59. The summed E-state index contributed by atoms with van der Waals surface area (Å²) in [5.74, 6) is -0.00657. The number of hydrogen-bond acceptors (Lipinski definition) is 2. The van der Waals surface area contributed by atoms with Crippen LogP contribution in [0.2, 0.25) is 0 Å². The second-order valence-corrected chi connectivity index (χ2v) is 4.69. The molecule has 1 amide bonds. The molecule has 1 aliphatic rings. The maximum atomic E-state index is 12.5. The molecule has 2 unspecified atom stereocenters. The van der Waals surface area contributed by atoms with Crippen LogP contribution in [0, 0.1) is 11.3 Å². The van der Waals surface area contributed by atoms with Gasteiger partial charge in [0.05, 0.1) is 12.0 Å². The molecule has 18 heavy (non-hydrogen) atoms. The van der Waals surface area contributed by atoms with E-state index in [1.54, 1.807) is 4.90 Å². The van der Waals surface area contributed by atoms with E-state index in [1.807, 2.05) is 37.3 Å². The average Bonchev–Trinajstić information content (AvgIpc) is 2.89. The molecule has 3 heteroatoms. The summed E-state index contributed by atoms with van der Waals surface area (Å²) in [6.45, 7) is 2.74. The van der Waals surface area contributed by atoms with E-state index < -0.39 is 0 Å². The van der Waals surface area contributed by atoms with Crippen LogP contribution < -0.4 is 0 Å². The number of likely N-dealkylation sites (tertiary alicyclic amines) is 1. The summed E-state index contributed by atoms with van der Waals surface area (Å²) in [6.07, 6.45) is 2.53. The van der Waals surface area contributed by atoms with Gasteiger partial charge in [0.2, 0.25) is 5.91 Å². The van der Waals surface area contributed by atoms with Gasteiger partial charge >= 0.3 is 0 Å². The zero-order valence-electron chi connectivity index (χ0n) is 10.7. The Balaban J connectivity index is 2.19. The molecule has 1 heterocycles. The van der Waals surface area contributed by atoms with Crippen molar-refractivity contribution in [1.82, 2.24) is 4.90 Å². The highest BCUT2D eigenvalue weighted by Crippen LogP contribution is 2.26. The highest BCUT2D eigenvalue weighted by atomic mass is 16.2. The van der Waals surface area contributed by atoms with Crippen molar-refractivity contribution in [3.05, 3.63) is 35.9 Å². The molecule has 3 nitrogen and oxygen atoms in total. The van der Waals surface area contributed by atoms with Crippen molar-refractivity contribution in [2.24, 2.45) is 0 Å². The normalized spacial score (nSPS) is 20.4. The summed E-state index contributed by atoms with van der Waals surface area (Å²) < 4.78 is 0. The molecule has 1 aromatic carbocycles. The van der Waals surface area contributed by atoms with Gasteiger partial charge in [0.25, 0.3) is 0 Å². The summed E-state index contributed by atoms with van der Waals surface area (Å²) in [6, 6.07) is 11.8. The Morgan fingerprint density at radius 1 is 1.50 bits per heavy atom. The monoisotopic (exact) mass is 242 g/mol. The van der Waals surface area contributed by atoms with Crippen molar-refractivity contribution in [3.63, 3.8) is 0 Å². The van der Waals surface area contributed by atoms with Gasteiger partial charge in [-0.05, 0) is 24.8 Å². The minimum atomic E-state index is -0.227. The summed E-state index contributed by atoms with van der Waals surface area (Å²) in [5.41, 5.74) is 1.05. The lowest BCUT2D eigenvalue weighted by Gasteiger charge is -2.25. The van der Waals surface area contributed by atoms with Gasteiger partial charge in [-0.1, -0.05) is 37.3 Å². The number of hydrogen-bond donors (Lipinski definition) is 0. The second-order valence-electron chi connectivity index (χ2n) is 4.69. The van der Waals surface area contributed by atoms with Crippen molar-refractivity contribution in [3.8, 4) is 6.07 Å². The van der Waals surface area contributed by atoms with Crippen molar-refractivity contribution < 1.29 is 4.79 Å². The topological polar surface area (TPSA) is 44.1 Å². The molecule has 1 fully saturated rings. The lowest BCUT2D eigenvalue weighted by atomic mass is 9.95. The largest absolute Gasteiger partial charge is 0.326 e. The Hall–Kier alpha value is -1.82. The van der Waals surface area contributed by atoms with Gasteiger partial charge in [-0.2, -0.15) is 5.26 Å². The lowest BCUT2D eigenvalue weighted by Crippen LogP contribution is -2.38. The number of nitriles is 1. The average molecular weight is 242 g/mol. The second kappa shape index (κ2) is 5.68. The molecule has 0 bridgehead atoms. The van der Waals surface area contributed by atoms with E-state index >= 15 is 0 Å². The standard InChI is InChI=1S/C15H18N2O/c1-2-14(12-7-4-3-5-8-12)15(18)17-10-6-9-13(17)11-16/h3-5,7-8,13-14H,2,6,9-10H2,1H3. The van der Waals surface area contributed by atoms with Crippen LogP contribution in [0.5, 0.6) is 0 Å². The van der Waals surface area contributed by atoms with E-state index in [4.69, 9.17) is 5.26 Å². The number of rotatable bonds is 3. The van der Waals surface area contributed by atoms with E-state index in [0.717, 1.165) is 31.4 Å². The molecule has 2 rings (SSSR count). The number of benzene rings is 1. The van der Waals surface area contributed by atoms with E-state index in [0.29, 0.717) is 0 Å². The van der Waals surface area contributed by atoms with Crippen LogP contribution in [0.25, 0.3) is 0 Å². The number of carbonyl (C=O) groups is 1. The van der Waals surface area contributed by atoms with Crippen LogP contribution in [0.3, 0.4) is 0 Å². The van der Waals surface area contributed by atoms with Gasteiger partial charge in [0, 0.05) is 6.54 Å². The van der Waals surface area contributed by atoms with Crippen molar-refractivity contribution >= 4 is 5.91 Å². The van der Waals surface area contributed by atoms with Crippen LogP contribution in [0.4, 0.5) is 0 Å². The summed E-state index contributed by atoms with van der Waals surface area (Å²) in [7, 11) is 0. The third kappa shape index (κ3) is 2.38. The number of amides is 1. The summed E-state index contributed by atoms with van der Waals surface area (Å²) in [4.78, 5) is 14.3. The molecule has 94 valence electrons. The number of carbonyl (C=O) groups excluding carboxylic acids is 1. The van der Waals surface area contributed by atoms with Gasteiger partial charge in [-0.3, -0.25) is 4.79 Å². The fraction of sp³-hybridized carbons (Fsp3) is 0.467. The highest BCUT2D eigenvalue weighted by Gasteiger charge is 2.32. The Bertz CT molecular complexity index is 449. The Morgan fingerprint density at radius 3 is 2.83 bits per heavy atom. The van der Waals surface area contributed by atoms with E-state index in [-0.39, 0.29) is 17.9 Å². The predicted octanol–water partition coefficient (Wildman–Crippen LogP) is 2.69. The lowest BCUT2D eigenvalue weighted by molar-refractivity contribution is -0.132. The smallest absolute Gasteiger partial charge is 0.231 e. The highest BCUT2D eigenvalue weighted by molar-refractivity contribution is 5.84. The molecule has 0 N–H and O–H groups in total. The first-order chi connectivity index (χ1) is 8.77. The molecule has 0 aromatic heterocycles. The minimum Gasteiger partial charge on any atom is -0.326 e. The summed E-state index contributed by atoms with van der Waals surface area (Å²) in [5, 5.41) is 9.07. The van der Waals surface area contributed by atoms with Crippen LogP contribution in [-0.4, -0.2) is 23.4 Å². The molecule has 2 atom stereocenters. The van der Waals surface area contributed by atoms with Gasteiger partial charge in [0.15, 0.2) is 0 Å². The van der Waals surface area contributed by atoms with Gasteiger partial charge in [0.1, 0.15) is 6.04 Å². The quantitative estimate of drug-likeness (QED) is 0.818. The zero-order valence-corrected chi connectivity index (χ0v) is 10.7. The van der Waals surface area contributed by atoms with Crippen molar-refractivity contribution in [2.45, 2.75) is 38.1 Å². The van der Waals surface area contributed by atoms with Crippen LogP contribution in [0.15, 0.2) is 30.3 Å². The Kier molecular flexibility index (Phi) is 3.99. The molecular formula is C15H18N2O. The molecule has 0 aliphatic carbocycles. The minimum absolute atomic E-state index is 0.104. The third-order valence-corrected chi connectivity index (χ3v) is 3.59. The van der Waals surface area contributed by atoms with Crippen molar-refractivity contribution in [1.29, 1.82) is 5.26 Å². The maximum Gasteiger partial charge on any atom is 0.231 e. The van der Waals surface area contributed by atoms with E-state index in [2.05, 4.69) is 6.07 Å². The molecule has 0 spiro atoms. The number of nitrogens with zero attached hydrogens (tertiary/aromatic N) is 2. The first kappa shape index (κ1) is 12.6. The predicted molar refractivity (Wildman–Crippen MR) is 69.8 cm³/mol. The van der Waals surface area contributed by atoms with Crippen LogP contribution in [-0.2, 0) is 4.79 Å². The zero-order chi connectivity index (χ0) is 13.0. The van der Waals surface area contributed by atoms with Gasteiger partial charge in [-0.25, -0.2) is 0 Å². The molecule has 0 saturated carbocycles. The molecule has 1 aliphatic heterocycles. The maximum absolute atomic E-state index is 12.5. The molecule has 1 saturated heterocycles. The first-order valence-corrected chi connectivity index (χ1v) is 6.53. The van der Waals surface area contributed by atoms with Crippen molar-refractivity contribution in [2.75, 3.05) is 6.54 Å². The molecule has 0 radical (unpaired) electrons. The van der Waals surface area contributed by atoms with Gasteiger partial charge < -0.3 is 4.90 Å². The SMILES string of the molecule is CCC(C(=O)N1CCCC1C#N)c1ccccc1. The fourth-order valence-electron chi connectivity index (χ4n) is 2.60. The molecule has 1 aromatic rings. The molecular weight excluding hydrogens is 224 g/mol. The Labute approximate surface area is 108 Å². The first-order valence-electron chi connectivity index (χ1n) is 6.53. The van der Waals surface area contributed by atoms with Gasteiger partial charge in [-0.15, -0.1) is 0 Å². The summed E-state index contributed by atoms with van der Waals surface area (Å²) >= 11 is 0. The Morgan fingerprint density at radius 2 is 2.22 bits per heavy atom. The fourth-order valence-corrected chi connectivity index (χ4v) is 2.60.